The number of rotatable bonds is 2. The zero-order chi connectivity index (χ0) is 15.6. The Morgan fingerprint density at radius 2 is 2.10 bits per heavy atom. The summed E-state index contributed by atoms with van der Waals surface area (Å²) in [5, 5.41) is 30.7. The molecule has 0 saturated carbocycles. The zero-order valence-electron chi connectivity index (χ0n) is 11.6. The second kappa shape index (κ2) is 6.01. The van der Waals surface area contributed by atoms with E-state index >= 15 is 0 Å². The number of benzene rings is 1. The highest BCUT2D eigenvalue weighted by molar-refractivity contribution is 5.94. The lowest BCUT2D eigenvalue weighted by Crippen LogP contribution is -2.47. The van der Waals surface area contributed by atoms with Crippen molar-refractivity contribution in [1.82, 2.24) is 4.90 Å². The molecule has 1 aliphatic heterocycles. The standard InChI is InChI=1S/C14H18N2O5/c1-8-4-5-16(7-12(8)18)14(21)15-9-2-3-10(13(19)20)11(17)6-9/h2-3,6,8,12,17-18H,4-5,7H2,1H3,(H,15,21)(H,19,20). The normalized spacial score (nSPS) is 21.9. The highest BCUT2D eigenvalue weighted by Crippen LogP contribution is 2.23. The molecular weight excluding hydrogens is 276 g/mol. The zero-order valence-corrected chi connectivity index (χ0v) is 11.6. The molecule has 1 aromatic rings. The molecule has 2 amide bonds. The fraction of sp³-hybridized carbons (Fsp3) is 0.429. The first kappa shape index (κ1) is 15.1. The summed E-state index contributed by atoms with van der Waals surface area (Å²) < 4.78 is 0. The van der Waals surface area contributed by atoms with Crippen molar-refractivity contribution in [3.05, 3.63) is 23.8 Å². The summed E-state index contributed by atoms with van der Waals surface area (Å²) in [6.07, 6.45) is 0.171. The average molecular weight is 294 g/mol. The number of urea groups is 1. The number of carbonyl (C=O) groups excluding carboxylic acids is 1. The SMILES string of the molecule is CC1CCN(C(=O)Nc2ccc(C(=O)O)c(O)c2)CC1O. The van der Waals surface area contributed by atoms with Crippen molar-refractivity contribution in [2.45, 2.75) is 19.4 Å². The molecule has 0 aromatic heterocycles. The second-order valence-corrected chi connectivity index (χ2v) is 5.25. The minimum absolute atomic E-state index is 0.160. The van der Waals surface area contributed by atoms with Gasteiger partial charge in [0.15, 0.2) is 0 Å². The summed E-state index contributed by atoms with van der Waals surface area (Å²) in [5.41, 5.74) is 0.0748. The number of phenols is 1. The van der Waals surface area contributed by atoms with Crippen LogP contribution < -0.4 is 5.32 Å². The van der Waals surface area contributed by atoms with Gasteiger partial charge in [0.2, 0.25) is 0 Å². The van der Waals surface area contributed by atoms with Crippen LogP contribution in [0.2, 0.25) is 0 Å². The van der Waals surface area contributed by atoms with Gasteiger partial charge in [-0.25, -0.2) is 9.59 Å². The Morgan fingerprint density at radius 1 is 1.38 bits per heavy atom. The van der Waals surface area contributed by atoms with E-state index in [4.69, 9.17) is 5.11 Å². The lowest BCUT2D eigenvalue weighted by molar-refractivity contribution is 0.0463. The highest BCUT2D eigenvalue weighted by atomic mass is 16.4. The number of aromatic hydroxyl groups is 1. The van der Waals surface area contributed by atoms with E-state index in [1.54, 1.807) is 0 Å². The molecule has 2 atom stereocenters. The molecule has 0 radical (unpaired) electrons. The number of aliphatic hydroxyl groups excluding tert-OH is 1. The molecule has 1 saturated heterocycles. The van der Waals surface area contributed by atoms with Crippen LogP contribution in [0.25, 0.3) is 0 Å². The summed E-state index contributed by atoms with van der Waals surface area (Å²) in [4.78, 5) is 24.3. The van der Waals surface area contributed by atoms with Crippen molar-refractivity contribution in [2.75, 3.05) is 18.4 Å². The first-order valence-electron chi connectivity index (χ1n) is 6.68. The Kier molecular flexibility index (Phi) is 4.32. The van der Waals surface area contributed by atoms with Crippen LogP contribution in [0.5, 0.6) is 5.75 Å². The number of carboxylic acids is 1. The van der Waals surface area contributed by atoms with Crippen LogP contribution in [0, 0.1) is 5.92 Å². The van der Waals surface area contributed by atoms with E-state index in [1.807, 2.05) is 6.92 Å². The molecule has 7 heteroatoms. The molecule has 2 rings (SSSR count). The maximum absolute atomic E-state index is 12.1. The van der Waals surface area contributed by atoms with E-state index in [9.17, 15) is 19.8 Å². The number of hydrogen-bond acceptors (Lipinski definition) is 4. The van der Waals surface area contributed by atoms with Gasteiger partial charge in [0.1, 0.15) is 11.3 Å². The largest absolute Gasteiger partial charge is 0.507 e. The summed E-state index contributed by atoms with van der Waals surface area (Å²) in [6, 6.07) is 3.43. The number of carbonyl (C=O) groups is 2. The number of amides is 2. The Morgan fingerprint density at radius 3 is 2.67 bits per heavy atom. The topological polar surface area (TPSA) is 110 Å². The number of piperidine rings is 1. The van der Waals surface area contributed by atoms with Gasteiger partial charge in [-0.15, -0.1) is 0 Å². The lowest BCUT2D eigenvalue weighted by Gasteiger charge is -2.34. The molecule has 1 heterocycles. The quantitative estimate of drug-likeness (QED) is 0.657. The van der Waals surface area contributed by atoms with Crippen molar-refractivity contribution in [3.8, 4) is 5.75 Å². The molecule has 0 aliphatic carbocycles. The Balaban J connectivity index is 2.03. The third-order valence-corrected chi connectivity index (χ3v) is 3.69. The van der Waals surface area contributed by atoms with Gasteiger partial charge in [0.25, 0.3) is 0 Å². The maximum atomic E-state index is 12.1. The van der Waals surface area contributed by atoms with Crippen molar-refractivity contribution in [3.63, 3.8) is 0 Å². The van der Waals surface area contributed by atoms with Gasteiger partial charge in [0, 0.05) is 24.8 Å². The number of aromatic carboxylic acids is 1. The molecule has 114 valence electrons. The Hall–Kier alpha value is -2.28. The predicted molar refractivity (Wildman–Crippen MR) is 75.4 cm³/mol. The molecule has 1 fully saturated rings. The molecule has 2 unspecified atom stereocenters. The second-order valence-electron chi connectivity index (χ2n) is 5.25. The summed E-state index contributed by atoms with van der Waals surface area (Å²) >= 11 is 0. The number of hydrogen-bond donors (Lipinski definition) is 4. The van der Waals surface area contributed by atoms with Crippen LogP contribution in [0.4, 0.5) is 10.5 Å². The molecule has 4 N–H and O–H groups in total. The monoisotopic (exact) mass is 294 g/mol. The fourth-order valence-electron chi connectivity index (χ4n) is 2.23. The first-order valence-corrected chi connectivity index (χ1v) is 6.68. The van der Waals surface area contributed by atoms with E-state index in [-0.39, 0.29) is 24.1 Å². The van der Waals surface area contributed by atoms with Crippen LogP contribution in [0.1, 0.15) is 23.7 Å². The van der Waals surface area contributed by atoms with Gasteiger partial charge < -0.3 is 25.5 Å². The van der Waals surface area contributed by atoms with Gasteiger partial charge in [-0.3, -0.25) is 0 Å². The minimum Gasteiger partial charge on any atom is -0.507 e. The van der Waals surface area contributed by atoms with E-state index in [0.29, 0.717) is 12.2 Å². The maximum Gasteiger partial charge on any atom is 0.339 e. The number of carboxylic acid groups (broad SMARTS) is 1. The van der Waals surface area contributed by atoms with E-state index in [0.717, 1.165) is 6.42 Å². The highest BCUT2D eigenvalue weighted by Gasteiger charge is 2.27. The number of anilines is 1. The Labute approximate surface area is 121 Å². The number of nitrogens with one attached hydrogen (secondary N) is 1. The molecule has 0 bridgehead atoms. The average Bonchev–Trinajstić information content (AvgIpc) is 2.41. The van der Waals surface area contributed by atoms with E-state index < -0.39 is 17.8 Å². The van der Waals surface area contributed by atoms with Crippen LogP contribution in [-0.4, -0.2) is 51.4 Å². The number of aliphatic hydroxyl groups is 1. The van der Waals surface area contributed by atoms with Gasteiger partial charge in [-0.1, -0.05) is 6.92 Å². The summed E-state index contributed by atoms with van der Waals surface area (Å²) in [6.45, 7) is 2.73. The molecule has 21 heavy (non-hydrogen) atoms. The fourth-order valence-corrected chi connectivity index (χ4v) is 2.23. The first-order chi connectivity index (χ1) is 9.88. The van der Waals surface area contributed by atoms with E-state index in [2.05, 4.69) is 5.32 Å². The van der Waals surface area contributed by atoms with Crippen molar-refractivity contribution in [2.24, 2.45) is 5.92 Å². The number of likely N-dealkylation sites (tertiary alicyclic amines) is 1. The van der Waals surface area contributed by atoms with Crippen molar-refractivity contribution in [1.29, 1.82) is 0 Å². The third-order valence-electron chi connectivity index (χ3n) is 3.69. The molecular formula is C14H18N2O5. The summed E-state index contributed by atoms with van der Waals surface area (Å²) in [7, 11) is 0. The van der Waals surface area contributed by atoms with Crippen LogP contribution >= 0.6 is 0 Å². The van der Waals surface area contributed by atoms with Gasteiger partial charge >= 0.3 is 12.0 Å². The van der Waals surface area contributed by atoms with Gasteiger partial charge in [-0.2, -0.15) is 0 Å². The lowest BCUT2D eigenvalue weighted by atomic mass is 9.96. The van der Waals surface area contributed by atoms with Crippen LogP contribution in [0.3, 0.4) is 0 Å². The molecule has 7 nitrogen and oxygen atoms in total. The minimum atomic E-state index is -1.24. The number of nitrogens with zero attached hydrogens (tertiary/aromatic N) is 1. The van der Waals surface area contributed by atoms with Crippen molar-refractivity contribution >= 4 is 17.7 Å². The Bertz CT molecular complexity index is 560. The third kappa shape index (κ3) is 3.43. The van der Waals surface area contributed by atoms with Crippen molar-refractivity contribution < 1.29 is 24.9 Å². The van der Waals surface area contributed by atoms with Crippen LogP contribution in [-0.2, 0) is 0 Å². The van der Waals surface area contributed by atoms with Gasteiger partial charge in [0.05, 0.1) is 6.10 Å². The van der Waals surface area contributed by atoms with E-state index in [1.165, 1.54) is 23.1 Å². The smallest absolute Gasteiger partial charge is 0.339 e. The molecule has 0 spiro atoms. The van der Waals surface area contributed by atoms with Gasteiger partial charge in [-0.05, 0) is 24.5 Å². The molecule has 1 aromatic carbocycles. The predicted octanol–water partition coefficient (Wildman–Crippen LogP) is 1.32. The molecule has 1 aliphatic rings. The number of β-amino-alcohol motifs (C(OH)–C–C–N with tert-alkyl or cyclic N) is 1. The van der Waals surface area contributed by atoms with Crippen LogP contribution in [0.15, 0.2) is 18.2 Å². The summed E-state index contributed by atoms with van der Waals surface area (Å²) in [5.74, 6) is -1.49.